The van der Waals surface area contributed by atoms with E-state index >= 15 is 0 Å². The molecule has 12 rings (SSSR count). The van der Waals surface area contributed by atoms with E-state index in [9.17, 15) is 0 Å². The van der Waals surface area contributed by atoms with Crippen molar-refractivity contribution in [3.8, 4) is 56.3 Å². The number of hydrogen-bond acceptors (Lipinski definition) is 2. The van der Waals surface area contributed by atoms with Gasteiger partial charge in [0.2, 0.25) is 0 Å². The molecule has 0 atom stereocenters. The summed E-state index contributed by atoms with van der Waals surface area (Å²) in [6.45, 7) is 0. The minimum atomic E-state index is 0.956. The molecule has 7 aromatic carbocycles. The Morgan fingerprint density at radius 2 is 0.944 bits per heavy atom. The molecule has 0 saturated carbocycles. The molecule has 4 heteroatoms. The number of pyridine rings is 2. The second-order valence-corrected chi connectivity index (χ2v) is 14.2. The van der Waals surface area contributed by atoms with Crippen LogP contribution in [0.2, 0.25) is 0 Å². The molecule has 0 amide bonds. The summed E-state index contributed by atoms with van der Waals surface area (Å²) >= 11 is 0. The number of rotatable bonds is 4. The molecule has 4 nitrogen and oxygen atoms in total. The summed E-state index contributed by atoms with van der Waals surface area (Å²) in [5.41, 5.74) is 15.8. The van der Waals surface area contributed by atoms with Crippen LogP contribution in [0.25, 0.3) is 111 Å². The van der Waals surface area contributed by atoms with Crippen LogP contribution in [0.15, 0.2) is 182 Å². The normalized spacial score (nSPS) is 12.1. The molecule has 1 aliphatic rings. The van der Waals surface area contributed by atoms with E-state index in [1.165, 1.54) is 71.2 Å². The molecule has 0 bridgehead atoms. The lowest BCUT2D eigenvalue weighted by atomic mass is 9.99. The lowest BCUT2D eigenvalue weighted by Gasteiger charge is -2.09. The molecule has 54 heavy (non-hydrogen) atoms. The molecule has 250 valence electrons. The first-order valence-corrected chi connectivity index (χ1v) is 18.4. The van der Waals surface area contributed by atoms with Crippen molar-refractivity contribution in [2.45, 2.75) is 0 Å². The van der Waals surface area contributed by atoms with Gasteiger partial charge in [0, 0.05) is 61.2 Å². The van der Waals surface area contributed by atoms with Gasteiger partial charge in [-0.15, -0.1) is 0 Å². The van der Waals surface area contributed by atoms with Gasteiger partial charge in [0.1, 0.15) is 0 Å². The topological polar surface area (TPSA) is 35.6 Å². The number of aromatic nitrogens is 4. The molecule has 0 saturated heterocycles. The van der Waals surface area contributed by atoms with Crippen LogP contribution in [0.5, 0.6) is 0 Å². The van der Waals surface area contributed by atoms with Crippen LogP contribution in [0.4, 0.5) is 0 Å². The summed E-state index contributed by atoms with van der Waals surface area (Å²) < 4.78 is 4.75. The second-order valence-electron chi connectivity index (χ2n) is 14.2. The Morgan fingerprint density at radius 1 is 0.370 bits per heavy atom. The van der Waals surface area contributed by atoms with Crippen molar-refractivity contribution < 1.29 is 0 Å². The van der Waals surface area contributed by atoms with E-state index in [2.05, 4.69) is 185 Å². The lowest BCUT2D eigenvalue weighted by Crippen LogP contribution is -1.93. The molecule has 0 N–H and O–H groups in total. The van der Waals surface area contributed by atoms with Gasteiger partial charge in [0.05, 0.1) is 39.1 Å². The quantitative estimate of drug-likeness (QED) is 0.185. The molecule has 0 radical (unpaired) electrons. The third-order valence-electron chi connectivity index (χ3n) is 11.3. The van der Waals surface area contributed by atoms with Crippen LogP contribution >= 0.6 is 0 Å². The van der Waals surface area contributed by atoms with Crippen molar-refractivity contribution in [3.05, 3.63) is 182 Å². The van der Waals surface area contributed by atoms with Crippen molar-refractivity contribution in [2.24, 2.45) is 0 Å². The van der Waals surface area contributed by atoms with E-state index in [-0.39, 0.29) is 0 Å². The molecule has 0 spiro atoms. The number of nitrogens with zero attached hydrogens (tertiary/aromatic N) is 4. The number of fused-ring (bicyclic) bond motifs is 9. The molecule has 4 heterocycles. The van der Waals surface area contributed by atoms with Crippen molar-refractivity contribution in [1.82, 2.24) is 19.1 Å². The standard InChI is InChI=1S/C50H30N4/c1-3-11-35(12-4-1)53-44-17-8-7-15-37(44)40-28-32(18-23-45(40)53)33-19-24-46-41(29-33)42-30-34(20-25-47(42)54(46)36-13-5-2-6-14-36)43-22-21-39-49(52-43)38-16-9-10-31-26-27-51-50(39)48(31)38/h1-30H. The molecule has 1 aliphatic carbocycles. The first-order chi connectivity index (χ1) is 26.8. The third kappa shape index (κ3) is 4.13. The highest BCUT2D eigenvalue weighted by Gasteiger charge is 2.24. The molecular weight excluding hydrogens is 657 g/mol. The van der Waals surface area contributed by atoms with Gasteiger partial charge in [0.15, 0.2) is 0 Å². The SMILES string of the molecule is c1ccc(-n2c3ccccc3c3cc(-c4ccc5c(c4)c4cc(-c6ccc7c(n6)-c6cccc8ccnc-7c68)ccc4n5-c4ccccc4)ccc32)cc1. The van der Waals surface area contributed by atoms with Gasteiger partial charge in [-0.3, -0.25) is 4.98 Å². The predicted octanol–water partition coefficient (Wildman–Crippen LogP) is 12.8. The zero-order valence-corrected chi connectivity index (χ0v) is 29.1. The zero-order chi connectivity index (χ0) is 35.3. The van der Waals surface area contributed by atoms with E-state index in [0.717, 1.165) is 39.5 Å². The number of para-hydroxylation sites is 3. The summed E-state index contributed by atoms with van der Waals surface area (Å²) in [7, 11) is 0. The maximum Gasteiger partial charge on any atom is 0.0810 e. The predicted molar refractivity (Wildman–Crippen MR) is 224 cm³/mol. The fourth-order valence-corrected chi connectivity index (χ4v) is 8.87. The van der Waals surface area contributed by atoms with E-state index in [0.29, 0.717) is 0 Å². The Hall–Kier alpha value is -7.30. The summed E-state index contributed by atoms with van der Waals surface area (Å²) in [6.07, 6.45) is 1.90. The van der Waals surface area contributed by atoms with Crippen molar-refractivity contribution in [3.63, 3.8) is 0 Å². The minimum absolute atomic E-state index is 0.956. The maximum atomic E-state index is 5.31. The Bertz CT molecular complexity index is 3310. The minimum Gasteiger partial charge on any atom is -0.309 e. The summed E-state index contributed by atoms with van der Waals surface area (Å²) in [6, 6.07) is 63.5. The van der Waals surface area contributed by atoms with Crippen LogP contribution in [-0.2, 0) is 0 Å². The van der Waals surface area contributed by atoms with Crippen molar-refractivity contribution in [1.29, 1.82) is 0 Å². The Labute approximate surface area is 310 Å². The molecular formula is C50H30N4. The maximum absolute atomic E-state index is 5.31. The average Bonchev–Trinajstić information content (AvgIpc) is 3.87. The van der Waals surface area contributed by atoms with Gasteiger partial charge in [-0.25, -0.2) is 4.98 Å². The smallest absolute Gasteiger partial charge is 0.0810 e. The van der Waals surface area contributed by atoms with Crippen molar-refractivity contribution >= 4 is 54.4 Å². The van der Waals surface area contributed by atoms with Crippen LogP contribution in [0.3, 0.4) is 0 Å². The lowest BCUT2D eigenvalue weighted by molar-refractivity contribution is 1.18. The van der Waals surface area contributed by atoms with Gasteiger partial charge >= 0.3 is 0 Å². The molecule has 11 aromatic rings. The monoisotopic (exact) mass is 686 g/mol. The summed E-state index contributed by atoms with van der Waals surface area (Å²) in [5, 5.41) is 7.30. The van der Waals surface area contributed by atoms with E-state index in [1.807, 2.05) is 6.20 Å². The number of hydrogen-bond donors (Lipinski definition) is 0. The highest BCUT2D eigenvalue weighted by molar-refractivity contribution is 6.15. The molecule has 0 aliphatic heterocycles. The fourth-order valence-electron chi connectivity index (χ4n) is 8.87. The van der Waals surface area contributed by atoms with Crippen LogP contribution in [0, 0.1) is 0 Å². The Balaban J connectivity index is 1.05. The number of benzene rings is 7. The highest BCUT2D eigenvalue weighted by Crippen LogP contribution is 2.46. The molecule has 0 fully saturated rings. The van der Waals surface area contributed by atoms with Crippen LogP contribution in [0.1, 0.15) is 0 Å². The second kappa shape index (κ2) is 11.1. The highest BCUT2D eigenvalue weighted by atomic mass is 15.0. The van der Waals surface area contributed by atoms with Gasteiger partial charge in [-0.05, 0) is 101 Å². The Kier molecular flexibility index (Phi) is 6.02. The zero-order valence-electron chi connectivity index (χ0n) is 29.1. The largest absolute Gasteiger partial charge is 0.309 e. The van der Waals surface area contributed by atoms with E-state index < -0.39 is 0 Å². The van der Waals surface area contributed by atoms with E-state index in [4.69, 9.17) is 9.97 Å². The van der Waals surface area contributed by atoms with E-state index in [1.54, 1.807) is 0 Å². The van der Waals surface area contributed by atoms with Crippen LogP contribution in [-0.4, -0.2) is 19.1 Å². The average molecular weight is 687 g/mol. The summed E-state index contributed by atoms with van der Waals surface area (Å²) in [5.74, 6) is 0. The first-order valence-electron chi connectivity index (χ1n) is 18.4. The van der Waals surface area contributed by atoms with Gasteiger partial charge < -0.3 is 9.13 Å². The van der Waals surface area contributed by atoms with Gasteiger partial charge in [-0.1, -0.05) is 91.0 Å². The third-order valence-corrected chi connectivity index (χ3v) is 11.3. The molecule has 0 unspecified atom stereocenters. The fraction of sp³-hybridized carbons (Fsp3) is 0. The van der Waals surface area contributed by atoms with Gasteiger partial charge in [-0.2, -0.15) is 0 Å². The van der Waals surface area contributed by atoms with Crippen LogP contribution < -0.4 is 0 Å². The van der Waals surface area contributed by atoms with Gasteiger partial charge in [0.25, 0.3) is 0 Å². The first kappa shape index (κ1) is 29.3. The molecule has 4 aromatic heterocycles. The summed E-state index contributed by atoms with van der Waals surface area (Å²) in [4.78, 5) is 10.1. The Morgan fingerprint density at radius 3 is 1.63 bits per heavy atom. The van der Waals surface area contributed by atoms with Crippen molar-refractivity contribution in [2.75, 3.05) is 0 Å².